The van der Waals surface area contributed by atoms with Crippen LogP contribution >= 0.6 is 0 Å². The zero-order chi connectivity index (χ0) is 14.4. The molecule has 0 aliphatic carbocycles. The number of hydrogen-bond donors (Lipinski definition) is 2. The molecule has 2 rings (SSSR count). The summed E-state index contributed by atoms with van der Waals surface area (Å²) in [5.74, 6) is 1.33. The molecule has 2 N–H and O–H groups in total. The van der Waals surface area contributed by atoms with Crippen LogP contribution in [-0.2, 0) is 11.3 Å². The summed E-state index contributed by atoms with van der Waals surface area (Å²) < 4.78 is 5.04. The molecular weight excluding hydrogens is 254 g/mol. The lowest BCUT2D eigenvalue weighted by Crippen LogP contribution is -2.42. The monoisotopic (exact) mass is 279 g/mol. The number of nitrogens with zero attached hydrogens (tertiary/aromatic N) is 2. The molecule has 0 spiro atoms. The first-order valence-electron chi connectivity index (χ1n) is 7.29. The minimum absolute atomic E-state index is 0.182. The minimum Gasteiger partial charge on any atom is -0.393 e. The van der Waals surface area contributed by atoms with E-state index in [-0.39, 0.29) is 6.10 Å². The van der Waals surface area contributed by atoms with Gasteiger partial charge in [0.25, 0.3) is 0 Å². The van der Waals surface area contributed by atoms with E-state index in [0.29, 0.717) is 12.5 Å². The van der Waals surface area contributed by atoms with Crippen molar-refractivity contribution in [1.82, 2.24) is 10.3 Å². The third kappa shape index (κ3) is 3.91. The topological polar surface area (TPSA) is 57.6 Å². The first-order valence-corrected chi connectivity index (χ1v) is 7.29. The fourth-order valence-corrected chi connectivity index (χ4v) is 2.58. The highest BCUT2D eigenvalue weighted by atomic mass is 16.5. The first kappa shape index (κ1) is 15.2. The van der Waals surface area contributed by atoms with Crippen LogP contribution < -0.4 is 10.2 Å². The van der Waals surface area contributed by atoms with Gasteiger partial charge in [-0.2, -0.15) is 0 Å². The van der Waals surface area contributed by atoms with Gasteiger partial charge < -0.3 is 20.1 Å². The summed E-state index contributed by atoms with van der Waals surface area (Å²) in [6.07, 6.45) is 2.47. The molecule has 112 valence electrons. The Balaban J connectivity index is 2.00. The molecule has 1 aromatic heterocycles. The van der Waals surface area contributed by atoms with Crippen LogP contribution in [-0.4, -0.2) is 49.5 Å². The van der Waals surface area contributed by atoms with Crippen LogP contribution in [0.1, 0.15) is 18.9 Å². The molecule has 0 bridgehead atoms. The van der Waals surface area contributed by atoms with Gasteiger partial charge in [-0.25, -0.2) is 4.98 Å². The van der Waals surface area contributed by atoms with E-state index in [1.165, 1.54) is 5.56 Å². The Bertz CT molecular complexity index is 414. The van der Waals surface area contributed by atoms with Crippen molar-refractivity contribution in [1.29, 1.82) is 0 Å². The van der Waals surface area contributed by atoms with E-state index < -0.39 is 0 Å². The van der Waals surface area contributed by atoms with Crippen LogP contribution in [0.25, 0.3) is 0 Å². The third-order valence-electron chi connectivity index (χ3n) is 3.83. The number of piperidine rings is 1. The number of pyridine rings is 1. The number of nitrogens with one attached hydrogen (secondary N) is 1. The third-order valence-corrected chi connectivity index (χ3v) is 3.83. The van der Waals surface area contributed by atoms with E-state index in [0.717, 1.165) is 38.4 Å². The SMILES string of the molecule is COCCNCc1cccnc1N1CCC(O)C(C)C1. The van der Waals surface area contributed by atoms with E-state index in [1.54, 1.807) is 7.11 Å². The zero-order valence-electron chi connectivity index (χ0n) is 12.4. The summed E-state index contributed by atoms with van der Waals surface area (Å²) in [5.41, 5.74) is 1.20. The predicted octanol–water partition coefficient (Wildman–Crippen LogP) is 1.02. The predicted molar refractivity (Wildman–Crippen MR) is 79.8 cm³/mol. The number of aliphatic hydroxyl groups excluding tert-OH is 1. The maximum Gasteiger partial charge on any atom is 0.133 e. The Hall–Kier alpha value is -1.17. The molecular formula is C15H25N3O2. The van der Waals surface area contributed by atoms with Gasteiger partial charge in [0.05, 0.1) is 12.7 Å². The largest absolute Gasteiger partial charge is 0.393 e. The molecule has 2 heterocycles. The van der Waals surface area contributed by atoms with Crippen molar-refractivity contribution >= 4 is 5.82 Å². The number of anilines is 1. The van der Waals surface area contributed by atoms with Gasteiger partial charge in [0.1, 0.15) is 5.82 Å². The lowest BCUT2D eigenvalue weighted by atomic mass is 9.96. The van der Waals surface area contributed by atoms with Crippen LogP contribution in [0.15, 0.2) is 18.3 Å². The molecule has 0 amide bonds. The molecule has 1 saturated heterocycles. The fraction of sp³-hybridized carbons (Fsp3) is 0.667. The fourth-order valence-electron chi connectivity index (χ4n) is 2.58. The highest BCUT2D eigenvalue weighted by molar-refractivity contribution is 5.47. The molecule has 1 aliphatic rings. The summed E-state index contributed by atoms with van der Waals surface area (Å²) in [7, 11) is 1.71. The van der Waals surface area contributed by atoms with Crippen molar-refractivity contribution in [2.24, 2.45) is 5.92 Å². The zero-order valence-corrected chi connectivity index (χ0v) is 12.4. The van der Waals surface area contributed by atoms with Crippen molar-refractivity contribution in [3.8, 4) is 0 Å². The van der Waals surface area contributed by atoms with Crippen LogP contribution in [0, 0.1) is 5.92 Å². The summed E-state index contributed by atoms with van der Waals surface area (Å²) in [6.45, 7) is 6.16. The molecule has 0 radical (unpaired) electrons. The van der Waals surface area contributed by atoms with Gasteiger partial charge in [-0.05, 0) is 18.4 Å². The Labute approximate surface area is 121 Å². The quantitative estimate of drug-likeness (QED) is 0.762. The van der Waals surface area contributed by atoms with Crippen molar-refractivity contribution in [3.63, 3.8) is 0 Å². The Morgan fingerprint density at radius 2 is 2.40 bits per heavy atom. The lowest BCUT2D eigenvalue weighted by molar-refractivity contribution is 0.0968. The number of methoxy groups -OCH3 is 1. The van der Waals surface area contributed by atoms with Crippen molar-refractivity contribution < 1.29 is 9.84 Å². The number of aromatic nitrogens is 1. The van der Waals surface area contributed by atoms with Crippen molar-refractivity contribution in [3.05, 3.63) is 23.9 Å². The Morgan fingerprint density at radius 3 is 3.15 bits per heavy atom. The van der Waals surface area contributed by atoms with E-state index in [2.05, 4.69) is 28.2 Å². The molecule has 1 aliphatic heterocycles. The van der Waals surface area contributed by atoms with Gasteiger partial charge in [-0.15, -0.1) is 0 Å². The molecule has 20 heavy (non-hydrogen) atoms. The average Bonchev–Trinajstić information content (AvgIpc) is 2.47. The lowest BCUT2D eigenvalue weighted by Gasteiger charge is -2.36. The molecule has 1 fully saturated rings. The van der Waals surface area contributed by atoms with Gasteiger partial charge in [0, 0.05) is 45.0 Å². The highest BCUT2D eigenvalue weighted by Crippen LogP contribution is 2.24. The number of ether oxygens (including phenoxy) is 1. The summed E-state index contributed by atoms with van der Waals surface area (Å²) in [5, 5.41) is 13.2. The van der Waals surface area contributed by atoms with E-state index in [4.69, 9.17) is 4.74 Å². The molecule has 5 nitrogen and oxygen atoms in total. The number of aliphatic hydroxyl groups is 1. The van der Waals surface area contributed by atoms with Crippen LogP contribution in [0.2, 0.25) is 0 Å². The normalized spacial score (nSPS) is 23.1. The Kier molecular flexibility index (Phi) is 5.76. The molecule has 2 unspecified atom stereocenters. The first-order chi connectivity index (χ1) is 9.72. The smallest absolute Gasteiger partial charge is 0.133 e. The molecule has 0 aromatic carbocycles. The Morgan fingerprint density at radius 1 is 1.55 bits per heavy atom. The molecule has 2 atom stereocenters. The summed E-state index contributed by atoms with van der Waals surface area (Å²) in [6, 6.07) is 4.08. The van der Waals surface area contributed by atoms with Crippen molar-refractivity contribution in [2.75, 3.05) is 38.3 Å². The molecule has 0 saturated carbocycles. The summed E-state index contributed by atoms with van der Waals surface area (Å²) in [4.78, 5) is 6.82. The second kappa shape index (κ2) is 7.57. The maximum atomic E-state index is 9.84. The summed E-state index contributed by atoms with van der Waals surface area (Å²) >= 11 is 0. The molecule has 1 aromatic rings. The van der Waals surface area contributed by atoms with Crippen LogP contribution in [0.3, 0.4) is 0 Å². The van der Waals surface area contributed by atoms with Gasteiger partial charge >= 0.3 is 0 Å². The molecule has 5 heteroatoms. The second-order valence-corrected chi connectivity index (χ2v) is 5.44. The van der Waals surface area contributed by atoms with Gasteiger partial charge in [-0.1, -0.05) is 13.0 Å². The van der Waals surface area contributed by atoms with E-state index in [1.807, 2.05) is 12.3 Å². The van der Waals surface area contributed by atoms with Gasteiger partial charge in [0.15, 0.2) is 0 Å². The van der Waals surface area contributed by atoms with Crippen LogP contribution in [0.5, 0.6) is 0 Å². The van der Waals surface area contributed by atoms with E-state index in [9.17, 15) is 5.11 Å². The minimum atomic E-state index is -0.182. The van der Waals surface area contributed by atoms with Gasteiger partial charge in [-0.3, -0.25) is 0 Å². The average molecular weight is 279 g/mol. The van der Waals surface area contributed by atoms with Crippen LogP contribution in [0.4, 0.5) is 5.82 Å². The number of hydrogen-bond acceptors (Lipinski definition) is 5. The number of rotatable bonds is 6. The van der Waals surface area contributed by atoms with E-state index >= 15 is 0 Å². The standard InChI is InChI=1S/C15H25N3O2/c1-12-11-18(8-5-14(12)19)15-13(4-3-6-17-15)10-16-7-9-20-2/h3-4,6,12,14,16,19H,5,7-11H2,1-2H3. The maximum absolute atomic E-state index is 9.84. The van der Waals surface area contributed by atoms with Gasteiger partial charge in [0.2, 0.25) is 0 Å². The second-order valence-electron chi connectivity index (χ2n) is 5.44. The van der Waals surface area contributed by atoms with Crippen molar-refractivity contribution in [2.45, 2.75) is 26.0 Å². The highest BCUT2D eigenvalue weighted by Gasteiger charge is 2.25.